The molecule has 0 saturated carbocycles. The van der Waals surface area contributed by atoms with Crippen molar-refractivity contribution in [3.8, 4) is 0 Å². The summed E-state index contributed by atoms with van der Waals surface area (Å²) in [7, 11) is 1.81. The summed E-state index contributed by atoms with van der Waals surface area (Å²) in [5.41, 5.74) is 3.83. The molecule has 2 aliphatic rings. The number of nitrogens with one attached hydrogen (secondary N) is 2. The molecule has 8 heteroatoms. The molecular weight excluding hydrogens is 527 g/mol. The number of likely N-dealkylation sites (tertiary alicyclic amines) is 1. The molecule has 1 unspecified atom stereocenters. The Hall–Kier alpha value is -1.91. The fraction of sp³-hybridized carbons (Fsp3) is 0.520. The van der Waals surface area contributed by atoms with Crippen LogP contribution in [0.5, 0.6) is 0 Å². The standard InChI is InChI=1S/C25H36N6O.HI/c1-20-18-31(13-14-32-20)24-15-23(9-10-27-24)17-29-25(26-2)28-16-21-5-7-22(8-6-21)19-30-11-3-4-12-30;/h5-10,15,20H,3-4,11-14,16-19H2,1-2H3,(H2,26,28,29);1H. The van der Waals surface area contributed by atoms with Crippen LogP contribution in [0.1, 0.15) is 36.5 Å². The van der Waals surface area contributed by atoms with Gasteiger partial charge in [-0.2, -0.15) is 0 Å². The van der Waals surface area contributed by atoms with Crippen LogP contribution >= 0.6 is 24.0 Å². The van der Waals surface area contributed by atoms with Gasteiger partial charge in [-0.15, -0.1) is 24.0 Å². The topological polar surface area (TPSA) is 65.0 Å². The molecule has 7 nitrogen and oxygen atoms in total. The van der Waals surface area contributed by atoms with E-state index in [0.717, 1.165) is 44.6 Å². The minimum atomic E-state index is 0. The molecule has 2 aromatic rings. The van der Waals surface area contributed by atoms with E-state index in [-0.39, 0.29) is 30.1 Å². The minimum absolute atomic E-state index is 0. The van der Waals surface area contributed by atoms with Crippen LogP contribution < -0.4 is 15.5 Å². The Kier molecular flexibility index (Phi) is 10.2. The van der Waals surface area contributed by atoms with Crippen molar-refractivity contribution in [2.45, 2.75) is 45.5 Å². The average molecular weight is 565 g/mol. The third-order valence-corrected chi connectivity index (χ3v) is 6.15. The summed E-state index contributed by atoms with van der Waals surface area (Å²) in [6.07, 6.45) is 4.79. The van der Waals surface area contributed by atoms with Crippen LogP contribution in [0.3, 0.4) is 0 Å². The first-order chi connectivity index (χ1) is 15.7. The molecule has 0 aliphatic carbocycles. The van der Waals surface area contributed by atoms with E-state index in [1.807, 2.05) is 19.3 Å². The number of hydrogen-bond acceptors (Lipinski definition) is 5. The highest BCUT2D eigenvalue weighted by molar-refractivity contribution is 14.0. The second-order valence-electron chi connectivity index (χ2n) is 8.73. The summed E-state index contributed by atoms with van der Waals surface area (Å²) in [5, 5.41) is 6.83. The number of benzene rings is 1. The molecule has 33 heavy (non-hydrogen) atoms. The van der Waals surface area contributed by atoms with Gasteiger partial charge in [-0.3, -0.25) is 9.89 Å². The second-order valence-corrected chi connectivity index (χ2v) is 8.73. The number of nitrogens with zero attached hydrogens (tertiary/aromatic N) is 4. The van der Waals surface area contributed by atoms with E-state index in [1.165, 1.54) is 42.6 Å². The summed E-state index contributed by atoms with van der Waals surface area (Å²) in [5.74, 6) is 1.81. The zero-order valence-corrected chi connectivity index (χ0v) is 22.1. The Bertz CT molecular complexity index is 885. The summed E-state index contributed by atoms with van der Waals surface area (Å²) in [4.78, 5) is 13.7. The monoisotopic (exact) mass is 564 g/mol. The van der Waals surface area contributed by atoms with Crippen molar-refractivity contribution in [3.63, 3.8) is 0 Å². The average Bonchev–Trinajstić information content (AvgIpc) is 3.33. The normalized spacial score (nSPS) is 19.3. The summed E-state index contributed by atoms with van der Waals surface area (Å²) in [6.45, 7) is 9.59. The van der Waals surface area contributed by atoms with Gasteiger partial charge < -0.3 is 20.3 Å². The summed E-state index contributed by atoms with van der Waals surface area (Å²) >= 11 is 0. The maximum absolute atomic E-state index is 5.64. The predicted octanol–water partition coefficient (Wildman–Crippen LogP) is 3.39. The first kappa shape index (κ1) is 25.7. The number of anilines is 1. The molecule has 0 bridgehead atoms. The third-order valence-electron chi connectivity index (χ3n) is 6.15. The molecule has 2 saturated heterocycles. The fourth-order valence-corrected chi connectivity index (χ4v) is 4.32. The molecular formula is C25H37IN6O. The Morgan fingerprint density at radius 3 is 2.42 bits per heavy atom. The molecule has 0 radical (unpaired) electrons. The van der Waals surface area contributed by atoms with Gasteiger partial charge in [0.1, 0.15) is 5.82 Å². The quantitative estimate of drug-likeness (QED) is 0.306. The lowest BCUT2D eigenvalue weighted by atomic mass is 10.1. The molecule has 2 aliphatic heterocycles. The number of ether oxygens (including phenoxy) is 1. The Labute approximate surface area is 215 Å². The Balaban J connectivity index is 0.00000306. The predicted molar refractivity (Wildman–Crippen MR) is 145 cm³/mol. The SMILES string of the molecule is CN=C(NCc1ccc(CN2CCCC2)cc1)NCc1ccnc(N2CCOC(C)C2)c1.I. The smallest absolute Gasteiger partial charge is 0.191 e. The zero-order valence-electron chi connectivity index (χ0n) is 19.8. The van der Waals surface area contributed by atoms with Crippen molar-refractivity contribution < 1.29 is 4.74 Å². The first-order valence-electron chi connectivity index (χ1n) is 11.8. The third kappa shape index (κ3) is 7.82. The molecule has 0 amide bonds. The molecule has 1 aromatic heterocycles. The molecule has 1 atom stereocenters. The van der Waals surface area contributed by atoms with Crippen LogP contribution in [0, 0.1) is 0 Å². The van der Waals surface area contributed by atoms with E-state index in [4.69, 9.17) is 4.74 Å². The molecule has 2 N–H and O–H groups in total. The van der Waals surface area contributed by atoms with E-state index in [9.17, 15) is 0 Å². The first-order valence-corrected chi connectivity index (χ1v) is 11.8. The number of morpholine rings is 1. The van der Waals surface area contributed by atoms with Crippen molar-refractivity contribution >= 4 is 35.8 Å². The van der Waals surface area contributed by atoms with Gasteiger partial charge >= 0.3 is 0 Å². The van der Waals surface area contributed by atoms with E-state index in [1.54, 1.807) is 0 Å². The van der Waals surface area contributed by atoms with Crippen LogP contribution in [0.4, 0.5) is 5.82 Å². The highest BCUT2D eigenvalue weighted by Crippen LogP contribution is 2.16. The van der Waals surface area contributed by atoms with Crippen LogP contribution in [-0.2, 0) is 24.4 Å². The van der Waals surface area contributed by atoms with Crippen molar-refractivity contribution in [2.24, 2.45) is 4.99 Å². The van der Waals surface area contributed by atoms with Gasteiger partial charge in [-0.1, -0.05) is 24.3 Å². The van der Waals surface area contributed by atoms with Crippen LogP contribution in [0.2, 0.25) is 0 Å². The number of halogens is 1. The molecule has 3 heterocycles. The van der Waals surface area contributed by atoms with Gasteiger partial charge in [-0.25, -0.2) is 4.98 Å². The van der Waals surface area contributed by atoms with Crippen LogP contribution in [-0.4, -0.2) is 61.8 Å². The number of pyridine rings is 1. The maximum atomic E-state index is 5.64. The van der Waals surface area contributed by atoms with E-state index in [2.05, 4.69) is 67.7 Å². The van der Waals surface area contributed by atoms with Crippen molar-refractivity contribution in [1.29, 1.82) is 0 Å². The minimum Gasteiger partial charge on any atom is -0.375 e. The number of aromatic nitrogens is 1. The van der Waals surface area contributed by atoms with Gasteiger partial charge in [0.2, 0.25) is 0 Å². The number of hydrogen-bond donors (Lipinski definition) is 2. The van der Waals surface area contributed by atoms with Crippen molar-refractivity contribution in [3.05, 3.63) is 59.3 Å². The molecule has 0 spiro atoms. The van der Waals surface area contributed by atoms with E-state index >= 15 is 0 Å². The number of guanidine groups is 1. The van der Waals surface area contributed by atoms with Gasteiger partial charge in [-0.05, 0) is 61.7 Å². The van der Waals surface area contributed by atoms with Crippen LogP contribution in [0.25, 0.3) is 0 Å². The highest BCUT2D eigenvalue weighted by atomic mass is 127. The number of aliphatic imine (C=N–C) groups is 1. The second kappa shape index (κ2) is 13.1. The molecule has 2 fully saturated rings. The van der Waals surface area contributed by atoms with E-state index < -0.39 is 0 Å². The van der Waals surface area contributed by atoms with Crippen molar-refractivity contribution in [2.75, 3.05) is 44.7 Å². The number of rotatable bonds is 7. The van der Waals surface area contributed by atoms with Crippen LogP contribution in [0.15, 0.2) is 47.6 Å². The Morgan fingerprint density at radius 2 is 1.73 bits per heavy atom. The van der Waals surface area contributed by atoms with E-state index in [0.29, 0.717) is 6.54 Å². The summed E-state index contributed by atoms with van der Waals surface area (Å²) < 4.78 is 5.64. The fourth-order valence-electron chi connectivity index (χ4n) is 4.32. The van der Waals surface area contributed by atoms with Gasteiger partial charge in [0.05, 0.1) is 12.7 Å². The molecule has 4 rings (SSSR count). The van der Waals surface area contributed by atoms with Gasteiger partial charge in [0.25, 0.3) is 0 Å². The largest absolute Gasteiger partial charge is 0.375 e. The van der Waals surface area contributed by atoms with Gasteiger partial charge in [0, 0.05) is 46.0 Å². The van der Waals surface area contributed by atoms with Gasteiger partial charge in [0.15, 0.2) is 5.96 Å². The maximum Gasteiger partial charge on any atom is 0.191 e. The Morgan fingerprint density at radius 1 is 1.03 bits per heavy atom. The lowest BCUT2D eigenvalue weighted by Crippen LogP contribution is -2.41. The van der Waals surface area contributed by atoms with Crippen molar-refractivity contribution in [1.82, 2.24) is 20.5 Å². The highest BCUT2D eigenvalue weighted by Gasteiger charge is 2.18. The summed E-state index contributed by atoms with van der Waals surface area (Å²) in [6, 6.07) is 13.1. The molecule has 1 aromatic carbocycles. The lowest BCUT2D eigenvalue weighted by molar-refractivity contribution is 0.0529. The lowest BCUT2D eigenvalue weighted by Gasteiger charge is -2.32. The molecule has 180 valence electrons. The zero-order chi connectivity index (χ0) is 22.2.